The lowest BCUT2D eigenvalue weighted by Crippen LogP contribution is -2.50. The lowest BCUT2D eigenvalue weighted by Gasteiger charge is -2.28. The Kier molecular flexibility index (Phi) is 3.37. The molecule has 18 heavy (non-hydrogen) atoms. The van der Waals surface area contributed by atoms with E-state index in [-0.39, 0.29) is 5.54 Å². The summed E-state index contributed by atoms with van der Waals surface area (Å²) in [7, 11) is 0. The van der Waals surface area contributed by atoms with Crippen LogP contribution in [0.4, 0.5) is 0 Å². The summed E-state index contributed by atoms with van der Waals surface area (Å²) in [6.07, 6.45) is 2.25. The van der Waals surface area contributed by atoms with Crippen molar-refractivity contribution in [1.29, 1.82) is 0 Å². The third-order valence-corrected chi connectivity index (χ3v) is 4.22. The largest absolute Gasteiger partial charge is 0.379 e. The summed E-state index contributed by atoms with van der Waals surface area (Å²) in [5.41, 5.74) is 7.72. The van der Waals surface area contributed by atoms with Crippen LogP contribution in [0.25, 0.3) is 0 Å². The molecule has 98 valence electrons. The van der Waals surface area contributed by atoms with Gasteiger partial charge >= 0.3 is 0 Å². The van der Waals surface area contributed by atoms with Crippen LogP contribution in [0.1, 0.15) is 24.3 Å². The first kappa shape index (κ1) is 12.2. The van der Waals surface area contributed by atoms with E-state index in [1.807, 2.05) is 0 Å². The van der Waals surface area contributed by atoms with Gasteiger partial charge in [0.2, 0.25) is 0 Å². The van der Waals surface area contributed by atoms with Gasteiger partial charge in [0.1, 0.15) is 0 Å². The number of rotatable bonds is 3. The van der Waals surface area contributed by atoms with Crippen LogP contribution in [0.5, 0.6) is 0 Å². The number of hydrogen-bond donors (Lipinski definition) is 1. The van der Waals surface area contributed by atoms with Gasteiger partial charge in [-0.05, 0) is 30.9 Å². The Morgan fingerprint density at radius 2 is 2.17 bits per heavy atom. The molecular weight excluding hydrogens is 224 g/mol. The maximum absolute atomic E-state index is 6.36. The molecule has 0 radical (unpaired) electrons. The van der Waals surface area contributed by atoms with Crippen LogP contribution in [0, 0.1) is 0 Å². The van der Waals surface area contributed by atoms with E-state index >= 15 is 0 Å². The zero-order valence-corrected chi connectivity index (χ0v) is 10.8. The molecule has 0 saturated carbocycles. The summed E-state index contributed by atoms with van der Waals surface area (Å²) in [6, 6.07) is 10.8. The number of likely N-dealkylation sites (tertiary alicyclic amines) is 1. The molecule has 2 aliphatic rings. The SMILES string of the molecule is NC1(CN2CCC(c3ccccc3)C2)CCOC1. The minimum Gasteiger partial charge on any atom is -0.379 e. The summed E-state index contributed by atoms with van der Waals surface area (Å²) in [6.45, 7) is 4.84. The van der Waals surface area contributed by atoms with E-state index in [1.54, 1.807) is 0 Å². The van der Waals surface area contributed by atoms with Gasteiger partial charge in [-0.25, -0.2) is 0 Å². The molecule has 0 bridgehead atoms. The molecule has 0 aromatic heterocycles. The van der Waals surface area contributed by atoms with Crippen molar-refractivity contribution in [2.75, 3.05) is 32.8 Å². The number of ether oxygens (including phenoxy) is 1. The molecule has 2 saturated heterocycles. The summed E-state index contributed by atoms with van der Waals surface area (Å²) in [4.78, 5) is 2.51. The standard InChI is InChI=1S/C15H22N2O/c16-15(7-9-18-12-15)11-17-8-6-14(10-17)13-4-2-1-3-5-13/h1-5,14H,6-12,16H2. The van der Waals surface area contributed by atoms with Gasteiger partial charge in [0.15, 0.2) is 0 Å². The van der Waals surface area contributed by atoms with Crippen LogP contribution in [0.15, 0.2) is 30.3 Å². The summed E-state index contributed by atoms with van der Waals surface area (Å²) >= 11 is 0. The fraction of sp³-hybridized carbons (Fsp3) is 0.600. The van der Waals surface area contributed by atoms with Crippen LogP contribution in [0.2, 0.25) is 0 Å². The average molecular weight is 246 g/mol. The molecule has 2 atom stereocenters. The Hall–Kier alpha value is -0.900. The first-order valence-electron chi connectivity index (χ1n) is 6.89. The lowest BCUT2D eigenvalue weighted by atomic mass is 9.98. The molecule has 2 fully saturated rings. The lowest BCUT2D eigenvalue weighted by molar-refractivity contribution is 0.160. The van der Waals surface area contributed by atoms with E-state index in [2.05, 4.69) is 35.2 Å². The number of hydrogen-bond acceptors (Lipinski definition) is 3. The van der Waals surface area contributed by atoms with Gasteiger partial charge in [0.05, 0.1) is 12.1 Å². The van der Waals surface area contributed by atoms with Crippen LogP contribution in [-0.2, 0) is 4.74 Å². The average Bonchev–Trinajstić information content (AvgIpc) is 3.00. The molecular formula is C15H22N2O. The molecule has 3 nitrogen and oxygen atoms in total. The fourth-order valence-corrected chi connectivity index (χ4v) is 3.17. The molecule has 3 heteroatoms. The van der Waals surface area contributed by atoms with Crippen molar-refractivity contribution in [3.8, 4) is 0 Å². The fourth-order valence-electron chi connectivity index (χ4n) is 3.17. The second-order valence-electron chi connectivity index (χ2n) is 5.80. The van der Waals surface area contributed by atoms with Gasteiger partial charge in [0, 0.05) is 19.7 Å². The molecule has 2 unspecified atom stereocenters. The summed E-state index contributed by atoms with van der Waals surface area (Å²) in [5.74, 6) is 0.678. The highest BCUT2D eigenvalue weighted by atomic mass is 16.5. The quantitative estimate of drug-likeness (QED) is 0.880. The Labute approximate surface area is 109 Å². The topological polar surface area (TPSA) is 38.5 Å². The molecule has 0 amide bonds. The van der Waals surface area contributed by atoms with Gasteiger partial charge in [-0.3, -0.25) is 0 Å². The van der Waals surface area contributed by atoms with Crippen molar-refractivity contribution in [3.63, 3.8) is 0 Å². The smallest absolute Gasteiger partial charge is 0.0659 e. The molecule has 3 rings (SSSR count). The molecule has 1 aromatic carbocycles. The van der Waals surface area contributed by atoms with Crippen molar-refractivity contribution in [2.24, 2.45) is 5.73 Å². The second kappa shape index (κ2) is 5.00. The normalized spacial score (nSPS) is 33.1. The predicted octanol–water partition coefficient (Wildman–Crippen LogP) is 1.59. The van der Waals surface area contributed by atoms with Gasteiger partial charge < -0.3 is 15.4 Å². The highest BCUT2D eigenvalue weighted by Crippen LogP contribution is 2.28. The van der Waals surface area contributed by atoms with Crippen LogP contribution in [0.3, 0.4) is 0 Å². The maximum atomic E-state index is 6.36. The van der Waals surface area contributed by atoms with Gasteiger partial charge in [-0.15, -0.1) is 0 Å². The number of nitrogens with two attached hydrogens (primary N) is 1. The minimum absolute atomic E-state index is 0.106. The van der Waals surface area contributed by atoms with E-state index in [1.165, 1.54) is 18.5 Å². The molecule has 0 spiro atoms. The monoisotopic (exact) mass is 246 g/mol. The van der Waals surface area contributed by atoms with Gasteiger partial charge in [0.25, 0.3) is 0 Å². The summed E-state index contributed by atoms with van der Waals surface area (Å²) < 4.78 is 5.43. The number of nitrogens with zero attached hydrogens (tertiary/aromatic N) is 1. The predicted molar refractivity (Wildman–Crippen MR) is 72.6 cm³/mol. The molecule has 2 N–H and O–H groups in total. The van der Waals surface area contributed by atoms with Crippen LogP contribution < -0.4 is 5.73 Å². The van der Waals surface area contributed by atoms with Crippen molar-refractivity contribution in [1.82, 2.24) is 4.90 Å². The zero-order chi connectivity index (χ0) is 12.4. The van der Waals surface area contributed by atoms with E-state index in [9.17, 15) is 0 Å². The van der Waals surface area contributed by atoms with Crippen molar-refractivity contribution < 1.29 is 4.74 Å². The molecule has 2 heterocycles. The van der Waals surface area contributed by atoms with Crippen LogP contribution in [-0.4, -0.2) is 43.3 Å². The second-order valence-corrected chi connectivity index (χ2v) is 5.80. The van der Waals surface area contributed by atoms with E-state index in [0.29, 0.717) is 5.92 Å². The maximum Gasteiger partial charge on any atom is 0.0659 e. The Balaban J connectivity index is 1.59. The Bertz CT molecular complexity index is 387. The molecule has 0 aliphatic carbocycles. The van der Waals surface area contributed by atoms with Crippen molar-refractivity contribution in [2.45, 2.75) is 24.3 Å². The highest BCUT2D eigenvalue weighted by Gasteiger charge is 2.35. The Morgan fingerprint density at radius 1 is 1.33 bits per heavy atom. The van der Waals surface area contributed by atoms with E-state index < -0.39 is 0 Å². The van der Waals surface area contributed by atoms with Gasteiger partial charge in [-0.2, -0.15) is 0 Å². The highest BCUT2D eigenvalue weighted by molar-refractivity contribution is 5.21. The van der Waals surface area contributed by atoms with Crippen molar-refractivity contribution in [3.05, 3.63) is 35.9 Å². The third kappa shape index (κ3) is 2.58. The van der Waals surface area contributed by atoms with Gasteiger partial charge in [-0.1, -0.05) is 30.3 Å². The van der Waals surface area contributed by atoms with Crippen molar-refractivity contribution >= 4 is 0 Å². The van der Waals surface area contributed by atoms with E-state index in [4.69, 9.17) is 10.5 Å². The first-order valence-corrected chi connectivity index (χ1v) is 6.89. The minimum atomic E-state index is -0.106. The number of benzene rings is 1. The van der Waals surface area contributed by atoms with E-state index in [0.717, 1.165) is 32.7 Å². The van der Waals surface area contributed by atoms with Crippen LogP contribution >= 0.6 is 0 Å². The molecule has 1 aromatic rings. The molecule has 2 aliphatic heterocycles. The third-order valence-electron chi connectivity index (χ3n) is 4.22. The Morgan fingerprint density at radius 3 is 2.89 bits per heavy atom. The zero-order valence-electron chi connectivity index (χ0n) is 10.8. The summed E-state index contributed by atoms with van der Waals surface area (Å²) in [5, 5.41) is 0. The first-order chi connectivity index (χ1) is 8.75.